The van der Waals surface area contributed by atoms with Crippen LogP contribution in [0.1, 0.15) is 18.1 Å². The molecule has 1 aliphatic heterocycles. The van der Waals surface area contributed by atoms with E-state index in [0.29, 0.717) is 34.8 Å². The molecule has 2 aromatic rings. The number of nitrogens with zero attached hydrogens (tertiary/aromatic N) is 2. The van der Waals surface area contributed by atoms with E-state index in [9.17, 15) is 4.79 Å². The standard InChI is InChI=1S/C19H17BrN2O3S2/c1-2-24-16-9-14(10-21-22-17(23)12-27-19(22)26)8-15(20)18(16)25-11-13-6-4-3-5-7-13/h3-10H,2,11-12H2,1H3/b21-10+. The molecule has 140 valence electrons. The summed E-state index contributed by atoms with van der Waals surface area (Å²) in [6.07, 6.45) is 1.59. The van der Waals surface area contributed by atoms with E-state index in [-0.39, 0.29) is 5.91 Å². The molecular weight excluding hydrogens is 448 g/mol. The summed E-state index contributed by atoms with van der Waals surface area (Å²) in [5.41, 5.74) is 1.83. The van der Waals surface area contributed by atoms with Crippen molar-refractivity contribution in [3.8, 4) is 11.5 Å². The second-order valence-electron chi connectivity index (χ2n) is 5.54. The number of benzene rings is 2. The first kappa shape index (κ1) is 19.9. The van der Waals surface area contributed by atoms with Gasteiger partial charge in [0.15, 0.2) is 15.8 Å². The molecule has 1 fully saturated rings. The first-order valence-electron chi connectivity index (χ1n) is 8.25. The van der Waals surface area contributed by atoms with Crippen LogP contribution in [0.4, 0.5) is 0 Å². The van der Waals surface area contributed by atoms with Crippen LogP contribution in [0.25, 0.3) is 0 Å². The van der Waals surface area contributed by atoms with Crippen molar-refractivity contribution in [3.05, 3.63) is 58.1 Å². The van der Waals surface area contributed by atoms with Crippen molar-refractivity contribution in [3.63, 3.8) is 0 Å². The predicted molar refractivity (Wildman–Crippen MR) is 116 cm³/mol. The van der Waals surface area contributed by atoms with Gasteiger partial charge >= 0.3 is 0 Å². The lowest BCUT2D eigenvalue weighted by Gasteiger charge is -2.15. The summed E-state index contributed by atoms with van der Waals surface area (Å²) < 4.78 is 12.9. The van der Waals surface area contributed by atoms with Gasteiger partial charge in [0.2, 0.25) is 0 Å². The molecule has 1 saturated heterocycles. The molecule has 0 aromatic heterocycles. The third-order valence-electron chi connectivity index (χ3n) is 3.61. The van der Waals surface area contributed by atoms with E-state index in [1.165, 1.54) is 16.8 Å². The van der Waals surface area contributed by atoms with Crippen molar-refractivity contribution in [1.82, 2.24) is 5.01 Å². The Morgan fingerprint density at radius 1 is 1.30 bits per heavy atom. The maximum Gasteiger partial charge on any atom is 0.259 e. The molecule has 0 spiro atoms. The topological polar surface area (TPSA) is 51.1 Å². The quantitative estimate of drug-likeness (QED) is 0.441. The highest BCUT2D eigenvalue weighted by atomic mass is 79.9. The van der Waals surface area contributed by atoms with Gasteiger partial charge in [-0.15, -0.1) is 0 Å². The number of amides is 1. The van der Waals surface area contributed by atoms with E-state index in [0.717, 1.165) is 15.6 Å². The molecule has 0 N–H and O–H groups in total. The minimum atomic E-state index is -0.117. The van der Waals surface area contributed by atoms with E-state index in [1.54, 1.807) is 6.21 Å². The average molecular weight is 465 g/mol. The molecule has 2 aromatic carbocycles. The van der Waals surface area contributed by atoms with Gasteiger partial charge in [0.25, 0.3) is 5.91 Å². The zero-order valence-corrected chi connectivity index (χ0v) is 17.8. The Kier molecular flexibility index (Phi) is 6.87. The molecule has 0 saturated carbocycles. The summed E-state index contributed by atoms with van der Waals surface area (Å²) in [4.78, 5) is 11.8. The Hall–Kier alpha value is -1.90. The fourth-order valence-corrected chi connectivity index (χ4v) is 3.92. The Bertz CT molecular complexity index is 859. The smallest absolute Gasteiger partial charge is 0.259 e. The Morgan fingerprint density at radius 3 is 2.74 bits per heavy atom. The van der Waals surface area contributed by atoms with Gasteiger partial charge in [-0.1, -0.05) is 54.3 Å². The number of carbonyl (C=O) groups is 1. The minimum Gasteiger partial charge on any atom is -0.490 e. The van der Waals surface area contributed by atoms with Crippen molar-refractivity contribution in [2.45, 2.75) is 13.5 Å². The minimum absolute atomic E-state index is 0.117. The molecule has 0 radical (unpaired) electrons. The van der Waals surface area contributed by atoms with E-state index >= 15 is 0 Å². The zero-order chi connectivity index (χ0) is 19.2. The van der Waals surface area contributed by atoms with E-state index < -0.39 is 0 Å². The largest absolute Gasteiger partial charge is 0.490 e. The van der Waals surface area contributed by atoms with Crippen molar-refractivity contribution in [2.75, 3.05) is 12.4 Å². The van der Waals surface area contributed by atoms with Crippen LogP contribution >= 0.6 is 39.9 Å². The van der Waals surface area contributed by atoms with Crippen LogP contribution in [0.3, 0.4) is 0 Å². The molecule has 3 rings (SSSR count). The lowest BCUT2D eigenvalue weighted by atomic mass is 10.2. The molecule has 27 heavy (non-hydrogen) atoms. The summed E-state index contributed by atoms with van der Waals surface area (Å²) in [7, 11) is 0. The Balaban J connectivity index is 1.81. The Labute approximate surface area is 175 Å². The highest BCUT2D eigenvalue weighted by Crippen LogP contribution is 2.37. The molecule has 0 bridgehead atoms. The van der Waals surface area contributed by atoms with Gasteiger partial charge in [-0.3, -0.25) is 4.79 Å². The van der Waals surface area contributed by atoms with Crippen molar-refractivity contribution >= 4 is 56.4 Å². The first-order chi connectivity index (χ1) is 13.1. The number of hydrogen-bond acceptors (Lipinski definition) is 6. The second-order valence-corrected chi connectivity index (χ2v) is 8.01. The van der Waals surface area contributed by atoms with Gasteiger partial charge in [-0.25, -0.2) is 0 Å². The van der Waals surface area contributed by atoms with Crippen LogP contribution in [0.15, 0.2) is 52.0 Å². The summed E-state index contributed by atoms with van der Waals surface area (Å²) in [5.74, 6) is 1.44. The third kappa shape index (κ3) is 5.09. The van der Waals surface area contributed by atoms with Crippen LogP contribution in [0.5, 0.6) is 11.5 Å². The highest BCUT2D eigenvalue weighted by Gasteiger charge is 2.26. The van der Waals surface area contributed by atoms with Crippen LogP contribution in [0.2, 0.25) is 0 Å². The lowest BCUT2D eigenvalue weighted by molar-refractivity contribution is -0.123. The number of rotatable bonds is 7. The summed E-state index contributed by atoms with van der Waals surface area (Å²) in [6, 6.07) is 13.6. The average Bonchev–Trinajstić information content (AvgIpc) is 2.98. The van der Waals surface area contributed by atoms with Gasteiger partial charge < -0.3 is 9.47 Å². The normalized spacial score (nSPS) is 14.2. The number of hydrazone groups is 1. The summed E-state index contributed by atoms with van der Waals surface area (Å²) in [5, 5.41) is 5.44. The molecule has 1 heterocycles. The SMILES string of the molecule is CCOc1cc(/C=N/N2C(=O)CSC2=S)cc(Br)c1OCc1ccccc1. The molecule has 8 heteroatoms. The van der Waals surface area contributed by atoms with Gasteiger partial charge in [0, 0.05) is 0 Å². The molecular formula is C19H17BrN2O3S2. The van der Waals surface area contributed by atoms with Crippen LogP contribution < -0.4 is 9.47 Å². The number of thiocarbonyl (C=S) groups is 1. The monoisotopic (exact) mass is 464 g/mol. The van der Waals surface area contributed by atoms with E-state index in [2.05, 4.69) is 21.0 Å². The van der Waals surface area contributed by atoms with E-state index in [1.807, 2.05) is 49.4 Å². The number of hydrogen-bond donors (Lipinski definition) is 0. The fraction of sp³-hybridized carbons (Fsp3) is 0.211. The Morgan fingerprint density at radius 2 is 2.07 bits per heavy atom. The van der Waals surface area contributed by atoms with Gasteiger partial charge in [0.1, 0.15) is 6.61 Å². The number of ether oxygens (including phenoxy) is 2. The molecule has 5 nitrogen and oxygen atoms in total. The first-order valence-corrected chi connectivity index (χ1v) is 10.4. The maximum absolute atomic E-state index is 11.8. The number of carbonyl (C=O) groups excluding carboxylic acids is 1. The van der Waals surface area contributed by atoms with Crippen LogP contribution in [0, 0.1) is 0 Å². The van der Waals surface area contributed by atoms with Crippen LogP contribution in [-0.4, -0.2) is 33.8 Å². The molecule has 1 amide bonds. The van der Waals surface area contributed by atoms with Gasteiger partial charge in [-0.05, 0) is 46.1 Å². The summed E-state index contributed by atoms with van der Waals surface area (Å²) >= 11 is 9.98. The van der Waals surface area contributed by atoms with Gasteiger partial charge in [-0.2, -0.15) is 10.1 Å². The zero-order valence-electron chi connectivity index (χ0n) is 14.6. The van der Waals surface area contributed by atoms with E-state index in [4.69, 9.17) is 21.7 Å². The van der Waals surface area contributed by atoms with Crippen molar-refractivity contribution in [2.24, 2.45) is 5.10 Å². The molecule has 0 aliphatic carbocycles. The number of thioether (sulfide) groups is 1. The van der Waals surface area contributed by atoms with Gasteiger partial charge in [0.05, 0.1) is 23.0 Å². The molecule has 0 unspecified atom stereocenters. The second kappa shape index (κ2) is 9.34. The lowest BCUT2D eigenvalue weighted by Crippen LogP contribution is -2.22. The summed E-state index contributed by atoms with van der Waals surface area (Å²) in [6.45, 7) is 2.84. The van der Waals surface area contributed by atoms with Crippen molar-refractivity contribution in [1.29, 1.82) is 0 Å². The maximum atomic E-state index is 11.8. The fourth-order valence-electron chi connectivity index (χ4n) is 2.38. The predicted octanol–water partition coefficient (Wildman–Crippen LogP) is 4.62. The molecule has 1 aliphatic rings. The van der Waals surface area contributed by atoms with Crippen molar-refractivity contribution < 1.29 is 14.3 Å². The number of halogens is 1. The molecule has 0 atom stereocenters. The highest BCUT2D eigenvalue weighted by molar-refractivity contribution is 9.10. The third-order valence-corrected chi connectivity index (χ3v) is 5.53. The van der Waals surface area contributed by atoms with Crippen LogP contribution in [-0.2, 0) is 11.4 Å².